The van der Waals surface area contributed by atoms with Gasteiger partial charge in [-0.15, -0.1) is 0 Å². The van der Waals surface area contributed by atoms with Crippen molar-refractivity contribution in [3.8, 4) is 0 Å². The van der Waals surface area contributed by atoms with Crippen LogP contribution in [0.25, 0.3) is 0 Å². The van der Waals surface area contributed by atoms with E-state index in [2.05, 4.69) is 20.9 Å². The van der Waals surface area contributed by atoms with Crippen LogP contribution in [0.15, 0.2) is 48.8 Å². The lowest BCUT2D eigenvalue weighted by atomic mass is 9.80. The predicted molar refractivity (Wildman–Crippen MR) is 130 cm³/mol. The fourth-order valence-corrected chi connectivity index (χ4v) is 6.31. The zero-order valence-electron chi connectivity index (χ0n) is 19.9. The first-order chi connectivity index (χ1) is 16.6. The molecule has 3 atom stereocenters. The van der Waals surface area contributed by atoms with Crippen molar-refractivity contribution in [2.24, 2.45) is 11.8 Å². The molecule has 2 aromatic rings. The van der Waals surface area contributed by atoms with Crippen molar-refractivity contribution in [3.05, 3.63) is 65.7 Å². The second kappa shape index (κ2) is 10.5. The highest BCUT2D eigenvalue weighted by molar-refractivity contribution is 5.73. The molecule has 5 nitrogen and oxygen atoms in total. The summed E-state index contributed by atoms with van der Waals surface area (Å²) in [5.41, 5.74) is 2.33. The Labute approximate surface area is 202 Å². The zero-order valence-corrected chi connectivity index (χ0v) is 19.9. The molecule has 1 N–H and O–H groups in total. The molecule has 0 amide bonds. The quantitative estimate of drug-likeness (QED) is 0.609. The monoisotopic (exact) mass is 465 g/mol. The van der Waals surface area contributed by atoms with E-state index in [0.29, 0.717) is 24.3 Å². The number of carbonyl (C=O) groups is 1. The number of piperidine rings is 1. The molecule has 2 unspecified atom stereocenters. The lowest BCUT2D eigenvalue weighted by Crippen LogP contribution is -2.43. The minimum Gasteiger partial charge on any atom is -0.480 e. The summed E-state index contributed by atoms with van der Waals surface area (Å²) in [7, 11) is 0. The number of aromatic nitrogens is 1. The lowest BCUT2D eigenvalue weighted by molar-refractivity contribution is -0.144. The number of hydrogen-bond acceptors (Lipinski definition) is 4. The van der Waals surface area contributed by atoms with Crippen molar-refractivity contribution in [2.75, 3.05) is 32.7 Å². The Morgan fingerprint density at radius 3 is 2.53 bits per heavy atom. The van der Waals surface area contributed by atoms with Gasteiger partial charge in [0.25, 0.3) is 0 Å². The Bertz CT molecular complexity index is 959. The molecule has 3 heterocycles. The Morgan fingerprint density at radius 2 is 1.88 bits per heavy atom. The molecule has 6 heteroatoms. The Balaban J connectivity index is 1.28. The van der Waals surface area contributed by atoms with Crippen LogP contribution in [-0.4, -0.2) is 64.6 Å². The Kier molecular flexibility index (Phi) is 7.26. The van der Waals surface area contributed by atoms with Crippen molar-refractivity contribution >= 4 is 5.97 Å². The van der Waals surface area contributed by atoms with E-state index in [0.717, 1.165) is 63.8 Å². The van der Waals surface area contributed by atoms with Gasteiger partial charge in [-0.1, -0.05) is 37.5 Å². The van der Waals surface area contributed by atoms with Crippen LogP contribution in [0.1, 0.15) is 61.5 Å². The molecule has 182 valence electrons. The lowest BCUT2D eigenvalue weighted by Gasteiger charge is -2.35. The van der Waals surface area contributed by atoms with Crippen LogP contribution >= 0.6 is 0 Å². The Morgan fingerprint density at radius 1 is 1.09 bits per heavy atom. The van der Waals surface area contributed by atoms with Gasteiger partial charge in [-0.25, -0.2) is 4.39 Å². The standard InChI is InChI=1S/C28H36FN3O2/c29-25-8-2-6-22(15-25)26-19-32(27(28(33)34)14-20-4-1-5-20)18-24(26)17-31-12-9-21(10-13-31)23-7-3-11-30-16-23/h2-3,6-8,11,15-16,20-21,24,26-27H,1,4-5,9-10,12-14,17-19H2,(H,33,34)/t24?,26?,27-/m1/s1. The molecule has 3 aliphatic rings. The highest BCUT2D eigenvalue weighted by Gasteiger charge is 2.41. The molecule has 2 aliphatic heterocycles. The zero-order chi connectivity index (χ0) is 23.5. The molecular formula is C28H36FN3O2. The first-order valence-corrected chi connectivity index (χ1v) is 12.9. The maximum atomic E-state index is 14.1. The summed E-state index contributed by atoms with van der Waals surface area (Å²) in [6.45, 7) is 4.48. The van der Waals surface area contributed by atoms with Gasteiger partial charge < -0.3 is 10.0 Å². The summed E-state index contributed by atoms with van der Waals surface area (Å²) < 4.78 is 14.1. The van der Waals surface area contributed by atoms with Gasteiger partial charge in [0.05, 0.1) is 0 Å². The molecule has 1 aliphatic carbocycles. The van der Waals surface area contributed by atoms with Crippen LogP contribution in [-0.2, 0) is 4.79 Å². The van der Waals surface area contributed by atoms with E-state index in [1.54, 1.807) is 12.1 Å². The molecule has 5 rings (SSSR count). The van der Waals surface area contributed by atoms with E-state index in [4.69, 9.17) is 0 Å². The molecule has 0 spiro atoms. The molecule has 2 saturated heterocycles. The summed E-state index contributed by atoms with van der Waals surface area (Å²) in [5, 5.41) is 10.0. The van der Waals surface area contributed by atoms with Gasteiger partial charge in [0.15, 0.2) is 0 Å². The summed E-state index contributed by atoms with van der Waals surface area (Å²) in [6, 6.07) is 10.7. The third-order valence-corrected chi connectivity index (χ3v) is 8.49. The topological polar surface area (TPSA) is 56.7 Å². The number of carboxylic acids is 1. The third-order valence-electron chi connectivity index (χ3n) is 8.49. The van der Waals surface area contributed by atoms with Gasteiger partial charge in [0.2, 0.25) is 0 Å². The molecule has 1 saturated carbocycles. The SMILES string of the molecule is O=C(O)[C@@H](CC1CCC1)N1CC(CN2CCC(c3cccnc3)CC2)C(c2cccc(F)c2)C1. The maximum absolute atomic E-state index is 14.1. The summed E-state index contributed by atoms with van der Waals surface area (Å²) in [6.07, 6.45) is 10.3. The molecule has 0 radical (unpaired) electrons. The molecule has 34 heavy (non-hydrogen) atoms. The number of rotatable bonds is 8. The largest absolute Gasteiger partial charge is 0.480 e. The number of likely N-dealkylation sites (tertiary alicyclic amines) is 2. The molecular weight excluding hydrogens is 429 g/mol. The number of nitrogens with zero attached hydrogens (tertiary/aromatic N) is 3. The first-order valence-electron chi connectivity index (χ1n) is 12.9. The van der Waals surface area contributed by atoms with Crippen LogP contribution < -0.4 is 0 Å². The van der Waals surface area contributed by atoms with Crippen LogP contribution in [0.4, 0.5) is 4.39 Å². The second-order valence-corrected chi connectivity index (χ2v) is 10.6. The number of hydrogen-bond donors (Lipinski definition) is 1. The van der Waals surface area contributed by atoms with E-state index in [9.17, 15) is 14.3 Å². The average Bonchev–Trinajstić information content (AvgIpc) is 3.22. The van der Waals surface area contributed by atoms with Gasteiger partial charge in [-0.3, -0.25) is 14.7 Å². The van der Waals surface area contributed by atoms with Gasteiger partial charge in [-0.2, -0.15) is 0 Å². The van der Waals surface area contributed by atoms with Crippen LogP contribution in [0.2, 0.25) is 0 Å². The third kappa shape index (κ3) is 5.33. The minimum atomic E-state index is -0.706. The average molecular weight is 466 g/mol. The number of benzene rings is 1. The maximum Gasteiger partial charge on any atom is 0.320 e. The van der Waals surface area contributed by atoms with E-state index in [-0.39, 0.29) is 11.7 Å². The van der Waals surface area contributed by atoms with Crippen LogP contribution in [0.5, 0.6) is 0 Å². The smallest absolute Gasteiger partial charge is 0.320 e. The normalized spacial score (nSPS) is 25.8. The van der Waals surface area contributed by atoms with Gasteiger partial charge in [0.1, 0.15) is 11.9 Å². The van der Waals surface area contributed by atoms with Crippen molar-refractivity contribution < 1.29 is 14.3 Å². The van der Waals surface area contributed by atoms with Gasteiger partial charge in [-0.05, 0) is 79.4 Å². The van der Waals surface area contributed by atoms with Crippen molar-refractivity contribution in [2.45, 2.75) is 56.4 Å². The first kappa shape index (κ1) is 23.4. The second-order valence-electron chi connectivity index (χ2n) is 10.6. The van der Waals surface area contributed by atoms with Crippen molar-refractivity contribution in [1.29, 1.82) is 0 Å². The number of halogens is 1. The van der Waals surface area contributed by atoms with Gasteiger partial charge in [0, 0.05) is 37.9 Å². The van der Waals surface area contributed by atoms with E-state index in [1.807, 2.05) is 24.5 Å². The molecule has 1 aromatic carbocycles. The van der Waals surface area contributed by atoms with E-state index < -0.39 is 12.0 Å². The fourth-order valence-electron chi connectivity index (χ4n) is 6.31. The van der Waals surface area contributed by atoms with Crippen molar-refractivity contribution in [3.63, 3.8) is 0 Å². The molecule has 0 bridgehead atoms. The number of aliphatic carboxylic acids is 1. The Hall–Kier alpha value is -2.31. The van der Waals surface area contributed by atoms with Crippen LogP contribution in [0, 0.1) is 17.7 Å². The summed E-state index contributed by atoms with van der Waals surface area (Å²) in [4.78, 5) is 21.2. The van der Waals surface area contributed by atoms with Crippen LogP contribution in [0.3, 0.4) is 0 Å². The van der Waals surface area contributed by atoms with Gasteiger partial charge >= 0.3 is 5.97 Å². The fraction of sp³-hybridized carbons (Fsp3) is 0.571. The highest BCUT2D eigenvalue weighted by Crippen LogP contribution is 2.39. The van der Waals surface area contributed by atoms with Crippen molar-refractivity contribution in [1.82, 2.24) is 14.8 Å². The molecule has 1 aromatic heterocycles. The number of carboxylic acid groups (broad SMARTS) is 1. The minimum absolute atomic E-state index is 0.162. The molecule has 3 fully saturated rings. The predicted octanol–water partition coefficient (Wildman–Crippen LogP) is 4.76. The summed E-state index contributed by atoms with van der Waals surface area (Å²) >= 11 is 0. The highest BCUT2D eigenvalue weighted by atomic mass is 19.1. The van der Waals surface area contributed by atoms with E-state index in [1.165, 1.54) is 18.1 Å². The number of pyridine rings is 1. The van der Waals surface area contributed by atoms with E-state index >= 15 is 0 Å². The summed E-state index contributed by atoms with van der Waals surface area (Å²) in [5.74, 6) is 0.649.